The van der Waals surface area contributed by atoms with E-state index in [1.54, 1.807) is 0 Å². The van der Waals surface area contributed by atoms with E-state index in [0.717, 1.165) is 44.6 Å². The van der Waals surface area contributed by atoms with Crippen LogP contribution >= 0.6 is 0 Å². The minimum absolute atomic E-state index is 0.106. The standard InChI is InChI=1S/C20H31N3O3/c1-15(20(2,3)26-19(21)25)5-6-16-7-9-17(10-8-16)18(24)23-13-11-22(4)12-14-23/h7-10,15H,5-6,11-14H2,1-4H3,(H2,21,25). The van der Waals surface area contributed by atoms with E-state index >= 15 is 0 Å². The predicted octanol–water partition coefficient (Wildman–Crippen LogP) is 2.52. The summed E-state index contributed by atoms with van der Waals surface area (Å²) in [6.07, 6.45) is 0.982. The number of nitrogens with two attached hydrogens (primary N) is 1. The van der Waals surface area contributed by atoms with E-state index in [-0.39, 0.29) is 11.8 Å². The number of amides is 2. The molecule has 1 aromatic carbocycles. The Morgan fingerprint density at radius 1 is 1.15 bits per heavy atom. The lowest BCUT2D eigenvalue weighted by Gasteiger charge is -2.32. The average molecular weight is 361 g/mol. The van der Waals surface area contributed by atoms with Crippen molar-refractivity contribution < 1.29 is 14.3 Å². The highest BCUT2D eigenvalue weighted by molar-refractivity contribution is 5.94. The van der Waals surface area contributed by atoms with Gasteiger partial charge in [0.15, 0.2) is 0 Å². The van der Waals surface area contributed by atoms with Crippen LogP contribution < -0.4 is 5.73 Å². The van der Waals surface area contributed by atoms with Gasteiger partial charge in [-0.05, 0) is 57.4 Å². The summed E-state index contributed by atoms with van der Waals surface area (Å²) in [7, 11) is 2.08. The van der Waals surface area contributed by atoms with Gasteiger partial charge in [-0.25, -0.2) is 4.79 Å². The minimum atomic E-state index is -0.742. The molecule has 1 fully saturated rings. The maximum atomic E-state index is 12.6. The van der Waals surface area contributed by atoms with E-state index < -0.39 is 11.7 Å². The lowest BCUT2D eigenvalue weighted by Crippen LogP contribution is -2.47. The van der Waals surface area contributed by atoms with E-state index in [4.69, 9.17) is 10.5 Å². The molecule has 1 aliphatic heterocycles. The molecule has 1 heterocycles. The molecule has 2 amide bonds. The van der Waals surface area contributed by atoms with Crippen LogP contribution in [0.4, 0.5) is 4.79 Å². The zero-order chi connectivity index (χ0) is 19.3. The number of aryl methyl sites for hydroxylation is 1. The van der Waals surface area contributed by atoms with Gasteiger partial charge in [0, 0.05) is 31.7 Å². The van der Waals surface area contributed by atoms with E-state index in [1.165, 1.54) is 5.56 Å². The van der Waals surface area contributed by atoms with E-state index in [9.17, 15) is 9.59 Å². The maximum absolute atomic E-state index is 12.6. The van der Waals surface area contributed by atoms with Crippen molar-refractivity contribution in [2.75, 3.05) is 33.2 Å². The summed E-state index contributed by atoms with van der Waals surface area (Å²) in [5.74, 6) is 0.274. The first-order chi connectivity index (χ1) is 12.2. The van der Waals surface area contributed by atoms with Gasteiger partial charge in [0.25, 0.3) is 5.91 Å². The molecule has 0 aromatic heterocycles. The van der Waals surface area contributed by atoms with Crippen LogP contribution in [0.3, 0.4) is 0 Å². The molecule has 0 bridgehead atoms. The van der Waals surface area contributed by atoms with E-state index in [2.05, 4.69) is 11.9 Å². The van der Waals surface area contributed by atoms with Gasteiger partial charge in [-0.1, -0.05) is 19.1 Å². The van der Waals surface area contributed by atoms with Crippen molar-refractivity contribution in [3.8, 4) is 0 Å². The van der Waals surface area contributed by atoms with Crippen LogP contribution in [0.25, 0.3) is 0 Å². The highest BCUT2D eigenvalue weighted by Crippen LogP contribution is 2.25. The summed E-state index contributed by atoms with van der Waals surface area (Å²) in [5.41, 5.74) is 6.45. The quantitative estimate of drug-likeness (QED) is 0.845. The average Bonchev–Trinajstić information content (AvgIpc) is 2.59. The Morgan fingerprint density at radius 3 is 2.27 bits per heavy atom. The van der Waals surface area contributed by atoms with Crippen molar-refractivity contribution in [2.45, 2.75) is 39.2 Å². The van der Waals surface area contributed by atoms with Crippen molar-refractivity contribution >= 4 is 12.0 Å². The molecule has 0 saturated carbocycles. The number of rotatable bonds is 6. The van der Waals surface area contributed by atoms with E-state index in [0.29, 0.717) is 0 Å². The van der Waals surface area contributed by atoms with Crippen molar-refractivity contribution in [2.24, 2.45) is 11.7 Å². The molecule has 6 nitrogen and oxygen atoms in total. The Bertz CT molecular complexity index is 620. The SMILES string of the molecule is CC(CCc1ccc(C(=O)N2CCN(C)CC2)cc1)C(C)(C)OC(N)=O. The predicted molar refractivity (Wildman–Crippen MR) is 102 cm³/mol. The molecule has 2 N–H and O–H groups in total. The van der Waals surface area contributed by atoms with Crippen LogP contribution in [0, 0.1) is 5.92 Å². The molecular formula is C20H31N3O3. The molecule has 0 aliphatic carbocycles. The van der Waals surface area contributed by atoms with Crippen LogP contribution in [0.15, 0.2) is 24.3 Å². The Labute approximate surface area is 156 Å². The number of likely N-dealkylation sites (N-methyl/N-ethyl adjacent to an activating group) is 1. The zero-order valence-electron chi connectivity index (χ0n) is 16.3. The topological polar surface area (TPSA) is 75.9 Å². The van der Waals surface area contributed by atoms with E-state index in [1.807, 2.05) is 49.9 Å². The summed E-state index contributed by atoms with van der Waals surface area (Å²) in [5, 5.41) is 0. The number of nitrogens with zero attached hydrogens (tertiary/aromatic N) is 2. The van der Waals surface area contributed by atoms with Gasteiger partial charge in [0.2, 0.25) is 0 Å². The number of hydrogen-bond acceptors (Lipinski definition) is 4. The number of carbonyl (C=O) groups is 2. The Hall–Kier alpha value is -2.08. The monoisotopic (exact) mass is 361 g/mol. The van der Waals surface area contributed by atoms with Gasteiger partial charge < -0.3 is 20.3 Å². The molecule has 1 aliphatic rings. The number of hydrogen-bond donors (Lipinski definition) is 1. The van der Waals surface area contributed by atoms with Crippen LogP contribution in [-0.4, -0.2) is 60.6 Å². The molecule has 6 heteroatoms. The number of piperazine rings is 1. The van der Waals surface area contributed by atoms with Crippen LogP contribution in [0.2, 0.25) is 0 Å². The highest BCUT2D eigenvalue weighted by atomic mass is 16.6. The number of ether oxygens (including phenoxy) is 1. The molecular weight excluding hydrogens is 330 g/mol. The third-order valence-electron chi connectivity index (χ3n) is 5.41. The summed E-state index contributed by atoms with van der Waals surface area (Å²) in [6, 6.07) is 7.84. The summed E-state index contributed by atoms with van der Waals surface area (Å²) < 4.78 is 5.20. The number of benzene rings is 1. The molecule has 0 radical (unpaired) electrons. The molecule has 1 aromatic rings. The number of primary amides is 1. The summed E-state index contributed by atoms with van der Waals surface area (Å²) in [4.78, 5) is 27.7. The Morgan fingerprint density at radius 2 is 1.73 bits per heavy atom. The van der Waals surface area contributed by atoms with Crippen molar-refractivity contribution in [1.29, 1.82) is 0 Å². The van der Waals surface area contributed by atoms with Crippen LogP contribution in [0.5, 0.6) is 0 Å². The largest absolute Gasteiger partial charge is 0.443 e. The molecule has 1 atom stereocenters. The van der Waals surface area contributed by atoms with Gasteiger partial charge in [-0.3, -0.25) is 4.79 Å². The maximum Gasteiger partial charge on any atom is 0.405 e. The normalized spacial score (nSPS) is 17.0. The zero-order valence-corrected chi connectivity index (χ0v) is 16.3. The van der Waals surface area contributed by atoms with Gasteiger partial charge in [-0.2, -0.15) is 0 Å². The Balaban J connectivity index is 1.89. The third-order valence-corrected chi connectivity index (χ3v) is 5.41. The fourth-order valence-corrected chi connectivity index (χ4v) is 3.10. The third kappa shape index (κ3) is 5.46. The lowest BCUT2D eigenvalue weighted by atomic mass is 9.87. The first-order valence-corrected chi connectivity index (χ1v) is 9.24. The second-order valence-electron chi connectivity index (χ2n) is 7.76. The number of carbonyl (C=O) groups excluding carboxylic acids is 2. The fourth-order valence-electron chi connectivity index (χ4n) is 3.10. The van der Waals surface area contributed by atoms with Gasteiger partial charge in [-0.15, -0.1) is 0 Å². The molecule has 26 heavy (non-hydrogen) atoms. The first kappa shape index (κ1) is 20.2. The van der Waals surface area contributed by atoms with Crippen LogP contribution in [-0.2, 0) is 11.2 Å². The second-order valence-corrected chi connectivity index (χ2v) is 7.76. The molecule has 2 rings (SSSR count). The van der Waals surface area contributed by atoms with Crippen LogP contribution in [0.1, 0.15) is 43.1 Å². The molecule has 0 spiro atoms. The minimum Gasteiger partial charge on any atom is -0.443 e. The van der Waals surface area contributed by atoms with Gasteiger partial charge in [0.1, 0.15) is 5.60 Å². The smallest absolute Gasteiger partial charge is 0.405 e. The van der Waals surface area contributed by atoms with Crippen molar-refractivity contribution in [3.63, 3.8) is 0 Å². The molecule has 1 unspecified atom stereocenters. The summed E-state index contributed by atoms with van der Waals surface area (Å²) >= 11 is 0. The highest BCUT2D eigenvalue weighted by Gasteiger charge is 2.29. The molecule has 144 valence electrons. The summed E-state index contributed by atoms with van der Waals surface area (Å²) in [6.45, 7) is 9.21. The van der Waals surface area contributed by atoms with Crippen molar-refractivity contribution in [1.82, 2.24) is 9.80 Å². The fraction of sp³-hybridized carbons (Fsp3) is 0.600. The van der Waals surface area contributed by atoms with Gasteiger partial charge in [0.05, 0.1) is 0 Å². The Kier molecular flexibility index (Phi) is 6.64. The second kappa shape index (κ2) is 8.54. The van der Waals surface area contributed by atoms with Crippen molar-refractivity contribution in [3.05, 3.63) is 35.4 Å². The first-order valence-electron chi connectivity index (χ1n) is 9.24. The lowest BCUT2D eigenvalue weighted by molar-refractivity contribution is 0.00210. The van der Waals surface area contributed by atoms with Gasteiger partial charge >= 0.3 is 6.09 Å². The molecule has 1 saturated heterocycles.